The summed E-state index contributed by atoms with van der Waals surface area (Å²) in [5, 5.41) is 0.749. The SMILES string of the molecule is Cc1ccc(C(=O)N2CCN(c3ccccc3Cl)CC2)o1. The first kappa shape index (κ1) is 14.0. The molecule has 21 heavy (non-hydrogen) atoms. The summed E-state index contributed by atoms with van der Waals surface area (Å²) in [6.07, 6.45) is 0. The number of benzene rings is 1. The molecular weight excluding hydrogens is 288 g/mol. The fourth-order valence-electron chi connectivity index (χ4n) is 2.56. The van der Waals surface area contributed by atoms with Crippen molar-refractivity contribution in [2.24, 2.45) is 0 Å². The van der Waals surface area contributed by atoms with Crippen LogP contribution in [0.2, 0.25) is 5.02 Å². The molecule has 0 spiro atoms. The topological polar surface area (TPSA) is 36.7 Å². The normalized spacial score (nSPS) is 15.3. The zero-order chi connectivity index (χ0) is 14.8. The third kappa shape index (κ3) is 2.90. The summed E-state index contributed by atoms with van der Waals surface area (Å²) in [4.78, 5) is 16.3. The van der Waals surface area contributed by atoms with Crippen LogP contribution >= 0.6 is 11.6 Å². The molecule has 2 aromatic rings. The summed E-state index contributed by atoms with van der Waals surface area (Å²) in [6.45, 7) is 4.73. The van der Waals surface area contributed by atoms with Crippen molar-refractivity contribution in [3.05, 3.63) is 52.9 Å². The van der Waals surface area contributed by atoms with Crippen LogP contribution in [0.1, 0.15) is 16.3 Å². The van der Waals surface area contributed by atoms with E-state index >= 15 is 0 Å². The molecule has 1 aromatic carbocycles. The third-order valence-corrected chi connectivity index (χ3v) is 4.03. The lowest BCUT2D eigenvalue weighted by molar-refractivity contribution is 0.0713. The van der Waals surface area contributed by atoms with E-state index < -0.39 is 0 Å². The van der Waals surface area contributed by atoms with Crippen LogP contribution in [0.15, 0.2) is 40.8 Å². The Balaban J connectivity index is 1.65. The van der Waals surface area contributed by atoms with E-state index in [2.05, 4.69) is 4.90 Å². The maximum Gasteiger partial charge on any atom is 0.289 e. The van der Waals surface area contributed by atoms with E-state index in [9.17, 15) is 4.79 Å². The summed E-state index contributed by atoms with van der Waals surface area (Å²) in [7, 11) is 0. The van der Waals surface area contributed by atoms with Crippen LogP contribution in [-0.2, 0) is 0 Å². The molecule has 1 fully saturated rings. The number of nitrogens with zero attached hydrogens (tertiary/aromatic N) is 2. The van der Waals surface area contributed by atoms with E-state index in [1.54, 1.807) is 6.07 Å². The van der Waals surface area contributed by atoms with Crippen LogP contribution in [0.4, 0.5) is 5.69 Å². The molecule has 0 aliphatic carbocycles. The molecule has 0 radical (unpaired) electrons. The first-order chi connectivity index (χ1) is 10.1. The molecule has 0 N–H and O–H groups in total. The van der Waals surface area contributed by atoms with E-state index in [0.717, 1.165) is 29.6 Å². The lowest BCUT2D eigenvalue weighted by Gasteiger charge is -2.36. The van der Waals surface area contributed by atoms with Crippen LogP contribution in [0.25, 0.3) is 0 Å². The molecule has 0 unspecified atom stereocenters. The number of aryl methyl sites for hydroxylation is 1. The molecule has 0 atom stereocenters. The van der Waals surface area contributed by atoms with Gasteiger partial charge in [-0.05, 0) is 31.2 Å². The van der Waals surface area contributed by atoms with Gasteiger partial charge in [0, 0.05) is 26.2 Å². The highest BCUT2D eigenvalue weighted by Crippen LogP contribution is 2.26. The quantitative estimate of drug-likeness (QED) is 0.855. The highest BCUT2D eigenvalue weighted by Gasteiger charge is 2.24. The van der Waals surface area contributed by atoms with Crippen LogP contribution < -0.4 is 4.90 Å². The van der Waals surface area contributed by atoms with E-state index in [1.165, 1.54) is 0 Å². The highest BCUT2D eigenvalue weighted by atomic mass is 35.5. The average Bonchev–Trinajstić information content (AvgIpc) is 2.94. The summed E-state index contributed by atoms with van der Waals surface area (Å²) in [6, 6.07) is 11.3. The Labute approximate surface area is 128 Å². The molecule has 4 nitrogen and oxygen atoms in total. The number of carbonyl (C=O) groups is 1. The number of anilines is 1. The van der Waals surface area contributed by atoms with Gasteiger partial charge in [0.2, 0.25) is 0 Å². The zero-order valence-corrected chi connectivity index (χ0v) is 12.6. The lowest BCUT2D eigenvalue weighted by atomic mass is 10.2. The standard InChI is InChI=1S/C16H17ClN2O2/c1-12-6-7-15(21-12)16(20)19-10-8-18(9-11-19)14-5-3-2-4-13(14)17/h2-7H,8-11H2,1H3. The van der Waals surface area contributed by atoms with E-state index in [-0.39, 0.29) is 5.91 Å². The van der Waals surface area contributed by atoms with E-state index in [1.807, 2.05) is 42.2 Å². The van der Waals surface area contributed by atoms with Gasteiger partial charge in [-0.3, -0.25) is 4.79 Å². The van der Waals surface area contributed by atoms with Gasteiger partial charge >= 0.3 is 0 Å². The van der Waals surface area contributed by atoms with Crippen LogP contribution in [-0.4, -0.2) is 37.0 Å². The highest BCUT2D eigenvalue weighted by molar-refractivity contribution is 6.33. The minimum absolute atomic E-state index is 0.0399. The second-order valence-corrected chi connectivity index (χ2v) is 5.55. The number of piperazine rings is 1. The van der Waals surface area contributed by atoms with Crippen LogP contribution in [0.3, 0.4) is 0 Å². The Morgan fingerprint density at radius 1 is 1.10 bits per heavy atom. The van der Waals surface area contributed by atoms with Crippen molar-refractivity contribution >= 4 is 23.2 Å². The second kappa shape index (κ2) is 5.82. The molecule has 1 amide bonds. The molecule has 0 bridgehead atoms. The van der Waals surface area contributed by atoms with E-state index in [4.69, 9.17) is 16.0 Å². The summed E-state index contributed by atoms with van der Waals surface area (Å²) >= 11 is 6.22. The molecule has 1 aliphatic heterocycles. The Hall–Kier alpha value is -1.94. The van der Waals surface area contributed by atoms with Crippen molar-refractivity contribution in [3.8, 4) is 0 Å². The van der Waals surface area contributed by atoms with Crippen molar-refractivity contribution in [1.82, 2.24) is 4.90 Å². The molecular formula is C16H17ClN2O2. The third-order valence-electron chi connectivity index (χ3n) is 3.71. The van der Waals surface area contributed by atoms with Crippen molar-refractivity contribution in [2.75, 3.05) is 31.1 Å². The summed E-state index contributed by atoms with van der Waals surface area (Å²) in [5.41, 5.74) is 1.03. The molecule has 1 aliphatic rings. The Morgan fingerprint density at radius 2 is 1.81 bits per heavy atom. The van der Waals surface area contributed by atoms with Gasteiger partial charge in [-0.15, -0.1) is 0 Å². The van der Waals surface area contributed by atoms with Gasteiger partial charge in [0.25, 0.3) is 5.91 Å². The maximum atomic E-state index is 12.3. The predicted molar refractivity (Wildman–Crippen MR) is 83.0 cm³/mol. The van der Waals surface area contributed by atoms with Gasteiger partial charge < -0.3 is 14.2 Å². The molecule has 1 aromatic heterocycles. The fraction of sp³-hybridized carbons (Fsp3) is 0.312. The number of hydrogen-bond acceptors (Lipinski definition) is 3. The minimum atomic E-state index is -0.0399. The maximum absolute atomic E-state index is 12.3. The molecule has 5 heteroatoms. The van der Waals surface area contributed by atoms with Crippen molar-refractivity contribution in [1.29, 1.82) is 0 Å². The Kier molecular flexibility index (Phi) is 3.88. The fourth-order valence-corrected chi connectivity index (χ4v) is 2.82. The number of furan rings is 1. The van der Waals surface area contributed by atoms with Gasteiger partial charge in [-0.25, -0.2) is 0 Å². The molecule has 3 rings (SSSR count). The van der Waals surface area contributed by atoms with Crippen molar-refractivity contribution < 1.29 is 9.21 Å². The number of para-hydroxylation sites is 1. The largest absolute Gasteiger partial charge is 0.456 e. The number of hydrogen-bond donors (Lipinski definition) is 0. The Bertz CT molecular complexity index is 645. The summed E-state index contributed by atoms with van der Waals surface area (Å²) in [5.74, 6) is 1.13. The Morgan fingerprint density at radius 3 is 2.43 bits per heavy atom. The summed E-state index contributed by atoms with van der Waals surface area (Å²) < 4.78 is 5.40. The van der Waals surface area contributed by atoms with Crippen LogP contribution in [0.5, 0.6) is 0 Å². The average molecular weight is 305 g/mol. The van der Waals surface area contributed by atoms with Crippen molar-refractivity contribution in [2.45, 2.75) is 6.92 Å². The van der Waals surface area contributed by atoms with Crippen molar-refractivity contribution in [3.63, 3.8) is 0 Å². The van der Waals surface area contributed by atoms with Gasteiger partial charge in [0.05, 0.1) is 10.7 Å². The number of carbonyl (C=O) groups excluding carboxylic acids is 1. The molecule has 110 valence electrons. The monoisotopic (exact) mass is 304 g/mol. The van der Waals surface area contributed by atoms with Gasteiger partial charge in [-0.2, -0.15) is 0 Å². The zero-order valence-electron chi connectivity index (χ0n) is 11.9. The predicted octanol–water partition coefficient (Wildman–Crippen LogP) is 3.20. The number of rotatable bonds is 2. The molecule has 1 saturated heterocycles. The molecule has 0 saturated carbocycles. The second-order valence-electron chi connectivity index (χ2n) is 5.14. The lowest BCUT2D eigenvalue weighted by Crippen LogP contribution is -2.48. The number of halogens is 1. The van der Waals surface area contributed by atoms with Gasteiger partial charge in [0.15, 0.2) is 5.76 Å². The number of amides is 1. The van der Waals surface area contributed by atoms with Gasteiger partial charge in [-0.1, -0.05) is 23.7 Å². The van der Waals surface area contributed by atoms with E-state index in [0.29, 0.717) is 18.8 Å². The van der Waals surface area contributed by atoms with Crippen LogP contribution in [0, 0.1) is 6.92 Å². The first-order valence-corrected chi connectivity index (χ1v) is 7.38. The molecule has 2 heterocycles. The minimum Gasteiger partial charge on any atom is -0.456 e. The smallest absolute Gasteiger partial charge is 0.289 e. The first-order valence-electron chi connectivity index (χ1n) is 7.00. The van der Waals surface area contributed by atoms with Gasteiger partial charge in [0.1, 0.15) is 5.76 Å².